The second-order valence-electron chi connectivity index (χ2n) is 6.55. The van der Waals surface area contributed by atoms with E-state index < -0.39 is 0 Å². The van der Waals surface area contributed by atoms with Crippen LogP contribution in [-0.4, -0.2) is 15.9 Å². The third-order valence-corrected chi connectivity index (χ3v) is 4.84. The maximum absolute atomic E-state index is 11.8. The SMILES string of the molecule is O=C(/C=C/Cl)Nc1ccc2ncnc(Nc3ccc(Nc4ccccc4)c(Cl)c3)c2c1. The highest BCUT2D eigenvalue weighted by Crippen LogP contribution is 2.31. The van der Waals surface area contributed by atoms with Crippen molar-refractivity contribution in [2.45, 2.75) is 0 Å². The van der Waals surface area contributed by atoms with Crippen molar-refractivity contribution in [1.29, 1.82) is 0 Å². The molecule has 0 saturated carbocycles. The zero-order valence-corrected chi connectivity index (χ0v) is 17.7. The maximum atomic E-state index is 11.8. The van der Waals surface area contributed by atoms with Crippen LogP contribution in [0.25, 0.3) is 10.9 Å². The van der Waals surface area contributed by atoms with Crippen LogP contribution in [0.4, 0.5) is 28.6 Å². The summed E-state index contributed by atoms with van der Waals surface area (Å²) in [6.45, 7) is 0. The number of hydrogen-bond acceptors (Lipinski definition) is 5. The number of para-hydroxylation sites is 1. The number of halogens is 2. The molecule has 0 aliphatic heterocycles. The van der Waals surface area contributed by atoms with Crippen LogP contribution < -0.4 is 16.0 Å². The molecule has 3 N–H and O–H groups in total. The van der Waals surface area contributed by atoms with Crippen molar-refractivity contribution in [3.63, 3.8) is 0 Å². The molecule has 1 aromatic heterocycles. The summed E-state index contributed by atoms with van der Waals surface area (Å²) in [4.78, 5) is 20.4. The van der Waals surface area contributed by atoms with Gasteiger partial charge in [0.05, 0.1) is 16.2 Å². The minimum Gasteiger partial charge on any atom is -0.354 e. The Morgan fingerprint density at radius 2 is 1.68 bits per heavy atom. The molecule has 1 amide bonds. The van der Waals surface area contributed by atoms with E-state index >= 15 is 0 Å². The van der Waals surface area contributed by atoms with Crippen molar-refractivity contribution in [3.8, 4) is 0 Å². The molecule has 4 rings (SSSR count). The van der Waals surface area contributed by atoms with Gasteiger partial charge in [0, 0.05) is 34.1 Å². The Hall–Kier alpha value is -3.61. The summed E-state index contributed by atoms with van der Waals surface area (Å²) in [5, 5.41) is 10.6. The first-order chi connectivity index (χ1) is 15.1. The van der Waals surface area contributed by atoms with E-state index in [4.69, 9.17) is 23.2 Å². The van der Waals surface area contributed by atoms with E-state index in [-0.39, 0.29) is 5.91 Å². The molecule has 1 heterocycles. The number of nitrogens with one attached hydrogen (secondary N) is 3. The average Bonchev–Trinajstić information content (AvgIpc) is 2.77. The molecular formula is C23H17Cl2N5O. The molecule has 8 heteroatoms. The smallest absolute Gasteiger partial charge is 0.249 e. The lowest BCUT2D eigenvalue weighted by molar-refractivity contribution is -0.111. The number of carbonyl (C=O) groups is 1. The van der Waals surface area contributed by atoms with Crippen LogP contribution in [0, 0.1) is 0 Å². The van der Waals surface area contributed by atoms with Crippen LogP contribution in [0.15, 0.2) is 84.7 Å². The van der Waals surface area contributed by atoms with E-state index in [0.717, 1.165) is 33.5 Å². The predicted molar refractivity (Wildman–Crippen MR) is 128 cm³/mol. The van der Waals surface area contributed by atoms with Crippen molar-refractivity contribution >= 4 is 68.6 Å². The molecule has 0 unspecified atom stereocenters. The summed E-state index contributed by atoms with van der Waals surface area (Å²) < 4.78 is 0. The van der Waals surface area contributed by atoms with Crippen LogP contribution >= 0.6 is 23.2 Å². The summed E-state index contributed by atoms with van der Waals surface area (Å²) in [5.41, 5.74) is 5.01. The molecule has 0 atom stereocenters. The van der Waals surface area contributed by atoms with E-state index in [2.05, 4.69) is 25.9 Å². The Morgan fingerprint density at radius 1 is 0.871 bits per heavy atom. The zero-order valence-electron chi connectivity index (χ0n) is 16.1. The number of amides is 1. The minimum atomic E-state index is -0.325. The highest BCUT2D eigenvalue weighted by molar-refractivity contribution is 6.33. The molecule has 0 fully saturated rings. The second kappa shape index (κ2) is 9.47. The van der Waals surface area contributed by atoms with Gasteiger partial charge in [-0.15, -0.1) is 0 Å². The number of rotatable bonds is 6. The summed E-state index contributed by atoms with van der Waals surface area (Å²) >= 11 is 11.9. The maximum Gasteiger partial charge on any atom is 0.249 e. The van der Waals surface area contributed by atoms with Gasteiger partial charge in [-0.1, -0.05) is 41.4 Å². The number of anilines is 5. The molecule has 0 saturated heterocycles. The second-order valence-corrected chi connectivity index (χ2v) is 7.21. The molecule has 154 valence electrons. The third kappa shape index (κ3) is 5.12. The van der Waals surface area contributed by atoms with Gasteiger partial charge in [-0.2, -0.15) is 0 Å². The first-order valence-electron chi connectivity index (χ1n) is 9.33. The van der Waals surface area contributed by atoms with Gasteiger partial charge in [0.2, 0.25) is 5.91 Å². The molecule has 0 aliphatic carbocycles. The third-order valence-electron chi connectivity index (χ3n) is 4.40. The van der Waals surface area contributed by atoms with Crippen molar-refractivity contribution in [3.05, 3.63) is 89.7 Å². The van der Waals surface area contributed by atoms with Gasteiger partial charge in [0.1, 0.15) is 12.1 Å². The van der Waals surface area contributed by atoms with E-state index in [1.54, 1.807) is 12.1 Å². The number of nitrogens with zero attached hydrogens (tertiary/aromatic N) is 2. The van der Waals surface area contributed by atoms with E-state index in [1.165, 1.54) is 12.4 Å². The van der Waals surface area contributed by atoms with Crippen LogP contribution in [-0.2, 0) is 4.79 Å². The molecule has 6 nitrogen and oxygen atoms in total. The predicted octanol–water partition coefficient (Wildman–Crippen LogP) is 6.46. The first kappa shape index (κ1) is 20.7. The van der Waals surface area contributed by atoms with Crippen molar-refractivity contribution in [2.24, 2.45) is 0 Å². The molecule has 0 bridgehead atoms. The highest BCUT2D eigenvalue weighted by Gasteiger charge is 2.08. The summed E-state index contributed by atoms with van der Waals surface area (Å²) in [7, 11) is 0. The van der Waals surface area contributed by atoms with Gasteiger partial charge in [0.25, 0.3) is 0 Å². The van der Waals surface area contributed by atoms with Gasteiger partial charge in [-0.3, -0.25) is 4.79 Å². The van der Waals surface area contributed by atoms with Gasteiger partial charge in [0.15, 0.2) is 0 Å². The number of aromatic nitrogens is 2. The fourth-order valence-corrected chi connectivity index (χ4v) is 3.33. The normalized spacial score (nSPS) is 10.9. The lowest BCUT2D eigenvalue weighted by Gasteiger charge is -2.13. The number of benzene rings is 3. The largest absolute Gasteiger partial charge is 0.354 e. The number of fused-ring (bicyclic) bond motifs is 1. The first-order valence-corrected chi connectivity index (χ1v) is 10.1. The topological polar surface area (TPSA) is 78.9 Å². The van der Waals surface area contributed by atoms with Crippen LogP contribution in [0.1, 0.15) is 0 Å². The highest BCUT2D eigenvalue weighted by atomic mass is 35.5. The van der Waals surface area contributed by atoms with Crippen molar-refractivity contribution in [2.75, 3.05) is 16.0 Å². The molecule has 3 aromatic carbocycles. The fraction of sp³-hybridized carbons (Fsp3) is 0. The molecular weight excluding hydrogens is 433 g/mol. The van der Waals surface area contributed by atoms with Crippen molar-refractivity contribution in [1.82, 2.24) is 9.97 Å². The standard InChI is InChI=1S/C23H17Cl2N5O/c24-11-10-22(31)29-16-6-8-20-18(12-16)23(27-14-26-20)30-17-7-9-21(19(25)13-17)28-15-4-2-1-3-5-15/h1-14,28H,(H,29,31)(H,26,27,30)/b11-10+. The Morgan fingerprint density at radius 3 is 2.45 bits per heavy atom. The number of hydrogen-bond donors (Lipinski definition) is 3. The summed E-state index contributed by atoms with van der Waals surface area (Å²) in [5.74, 6) is 0.266. The van der Waals surface area contributed by atoms with Crippen LogP contribution in [0.5, 0.6) is 0 Å². The average molecular weight is 450 g/mol. The quantitative estimate of drug-likeness (QED) is 0.294. The molecule has 0 aliphatic rings. The minimum absolute atomic E-state index is 0.325. The lowest BCUT2D eigenvalue weighted by Crippen LogP contribution is -2.07. The van der Waals surface area contributed by atoms with Crippen LogP contribution in [0.2, 0.25) is 5.02 Å². The van der Waals surface area contributed by atoms with E-state index in [0.29, 0.717) is 16.5 Å². The number of carbonyl (C=O) groups excluding carboxylic acids is 1. The van der Waals surface area contributed by atoms with E-state index in [9.17, 15) is 4.79 Å². The van der Waals surface area contributed by atoms with Gasteiger partial charge >= 0.3 is 0 Å². The Kier molecular flexibility index (Phi) is 6.31. The Bertz CT molecular complexity index is 1260. The van der Waals surface area contributed by atoms with Gasteiger partial charge < -0.3 is 16.0 Å². The molecule has 4 aromatic rings. The van der Waals surface area contributed by atoms with E-state index in [1.807, 2.05) is 54.6 Å². The Labute approximate surface area is 188 Å². The molecule has 0 spiro atoms. The van der Waals surface area contributed by atoms with Gasteiger partial charge in [-0.05, 0) is 48.5 Å². The summed E-state index contributed by atoms with van der Waals surface area (Å²) in [6.07, 6.45) is 2.71. The van der Waals surface area contributed by atoms with Crippen LogP contribution in [0.3, 0.4) is 0 Å². The summed E-state index contributed by atoms with van der Waals surface area (Å²) in [6, 6.07) is 20.8. The van der Waals surface area contributed by atoms with Gasteiger partial charge in [-0.25, -0.2) is 9.97 Å². The molecule has 0 radical (unpaired) electrons. The molecule has 31 heavy (non-hydrogen) atoms. The van der Waals surface area contributed by atoms with Crippen molar-refractivity contribution < 1.29 is 4.79 Å². The zero-order chi connectivity index (χ0) is 21.6. The Balaban J connectivity index is 1.59. The monoisotopic (exact) mass is 449 g/mol. The fourth-order valence-electron chi connectivity index (χ4n) is 2.98. The lowest BCUT2D eigenvalue weighted by atomic mass is 10.2.